The average Bonchev–Trinajstić information content (AvgIpc) is 2.77. The van der Waals surface area contributed by atoms with Crippen molar-refractivity contribution in [1.29, 1.82) is 0 Å². The highest BCUT2D eigenvalue weighted by Crippen LogP contribution is 2.29. The molecule has 0 aromatic heterocycles. The van der Waals surface area contributed by atoms with Gasteiger partial charge in [0.05, 0.1) is 0 Å². The lowest BCUT2D eigenvalue weighted by Gasteiger charge is -2.35. The quantitative estimate of drug-likeness (QED) is 0.828. The second-order valence-corrected chi connectivity index (χ2v) is 7.12. The standard InChI is InChI=1S/C13H24N2O2S/c1-5-18-13(3,4)11(14-10(2)16)12(17)15-8-6-7-9-15/h11H,5-9H2,1-4H3,(H,14,16). The van der Waals surface area contributed by atoms with E-state index in [9.17, 15) is 9.59 Å². The summed E-state index contributed by atoms with van der Waals surface area (Å²) in [6.45, 7) is 9.23. The molecule has 1 heterocycles. The van der Waals surface area contributed by atoms with E-state index in [0.717, 1.165) is 31.7 Å². The molecule has 0 aliphatic carbocycles. The molecule has 0 aromatic rings. The van der Waals surface area contributed by atoms with Gasteiger partial charge in [0.15, 0.2) is 0 Å². The number of amides is 2. The van der Waals surface area contributed by atoms with Crippen molar-refractivity contribution in [3.63, 3.8) is 0 Å². The molecule has 1 fully saturated rings. The van der Waals surface area contributed by atoms with Gasteiger partial charge in [0.2, 0.25) is 11.8 Å². The van der Waals surface area contributed by atoms with Crippen LogP contribution in [0.4, 0.5) is 0 Å². The van der Waals surface area contributed by atoms with Crippen molar-refractivity contribution in [1.82, 2.24) is 10.2 Å². The Bertz CT molecular complexity index is 312. The molecule has 1 N–H and O–H groups in total. The van der Waals surface area contributed by atoms with Gasteiger partial charge in [-0.2, -0.15) is 11.8 Å². The summed E-state index contributed by atoms with van der Waals surface area (Å²) in [5, 5.41) is 2.83. The zero-order chi connectivity index (χ0) is 13.8. The topological polar surface area (TPSA) is 49.4 Å². The summed E-state index contributed by atoms with van der Waals surface area (Å²) in [7, 11) is 0. The van der Waals surface area contributed by atoms with Crippen LogP contribution >= 0.6 is 11.8 Å². The molecule has 0 saturated carbocycles. The van der Waals surface area contributed by atoms with Crippen LogP contribution in [-0.4, -0.2) is 46.3 Å². The molecule has 1 atom stereocenters. The number of hydrogen-bond donors (Lipinski definition) is 1. The molecule has 2 amide bonds. The van der Waals surface area contributed by atoms with Crippen molar-refractivity contribution >= 4 is 23.6 Å². The van der Waals surface area contributed by atoms with Crippen LogP contribution in [0.2, 0.25) is 0 Å². The zero-order valence-corrected chi connectivity index (χ0v) is 12.6. The monoisotopic (exact) mass is 272 g/mol. The minimum absolute atomic E-state index is 0.0636. The maximum absolute atomic E-state index is 12.5. The molecule has 1 aliphatic rings. The highest BCUT2D eigenvalue weighted by Gasteiger charge is 2.38. The van der Waals surface area contributed by atoms with Crippen molar-refractivity contribution in [3.05, 3.63) is 0 Å². The van der Waals surface area contributed by atoms with E-state index >= 15 is 0 Å². The third-order valence-electron chi connectivity index (χ3n) is 3.22. The van der Waals surface area contributed by atoms with Crippen LogP contribution in [0.15, 0.2) is 0 Å². The zero-order valence-electron chi connectivity index (χ0n) is 11.8. The maximum atomic E-state index is 12.5. The van der Waals surface area contributed by atoms with E-state index in [1.807, 2.05) is 18.7 Å². The Morgan fingerprint density at radius 3 is 2.33 bits per heavy atom. The number of carbonyl (C=O) groups excluding carboxylic acids is 2. The van der Waals surface area contributed by atoms with E-state index in [-0.39, 0.29) is 16.6 Å². The molecule has 1 rings (SSSR count). The summed E-state index contributed by atoms with van der Waals surface area (Å²) in [5.41, 5.74) is 0. The van der Waals surface area contributed by atoms with E-state index < -0.39 is 6.04 Å². The molecule has 0 spiro atoms. The molecule has 1 saturated heterocycles. The van der Waals surface area contributed by atoms with Crippen LogP contribution in [0.1, 0.15) is 40.5 Å². The van der Waals surface area contributed by atoms with Crippen molar-refractivity contribution in [2.45, 2.75) is 51.3 Å². The minimum atomic E-state index is -0.432. The predicted molar refractivity (Wildman–Crippen MR) is 75.6 cm³/mol. The van der Waals surface area contributed by atoms with Gasteiger partial charge in [0.1, 0.15) is 6.04 Å². The summed E-state index contributed by atoms with van der Waals surface area (Å²) in [6, 6.07) is -0.432. The van der Waals surface area contributed by atoms with Gasteiger partial charge in [0, 0.05) is 24.8 Å². The Morgan fingerprint density at radius 1 is 1.33 bits per heavy atom. The number of rotatable bonds is 5. The molecule has 1 unspecified atom stereocenters. The van der Waals surface area contributed by atoms with Gasteiger partial charge in [-0.3, -0.25) is 9.59 Å². The lowest BCUT2D eigenvalue weighted by molar-refractivity contribution is -0.135. The van der Waals surface area contributed by atoms with Crippen molar-refractivity contribution < 1.29 is 9.59 Å². The van der Waals surface area contributed by atoms with Gasteiger partial charge >= 0.3 is 0 Å². The van der Waals surface area contributed by atoms with Crippen LogP contribution in [0.5, 0.6) is 0 Å². The van der Waals surface area contributed by atoms with E-state index in [1.165, 1.54) is 6.92 Å². The molecule has 4 nitrogen and oxygen atoms in total. The largest absolute Gasteiger partial charge is 0.343 e. The van der Waals surface area contributed by atoms with Gasteiger partial charge in [-0.05, 0) is 32.4 Å². The van der Waals surface area contributed by atoms with Gasteiger partial charge in [0.25, 0.3) is 0 Å². The Balaban J connectivity index is 2.82. The fourth-order valence-corrected chi connectivity index (χ4v) is 3.38. The first-order chi connectivity index (χ1) is 8.38. The second kappa shape index (κ2) is 6.45. The highest BCUT2D eigenvalue weighted by atomic mass is 32.2. The molecule has 1 aliphatic heterocycles. The summed E-state index contributed by atoms with van der Waals surface area (Å²) in [4.78, 5) is 25.7. The Hall–Kier alpha value is -0.710. The number of hydrogen-bond acceptors (Lipinski definition) is 3. The first-order valence-electron chi connectivity index (χ1n) is 6.58. The maximum Gasteiger partial charge on any atom is 0.246 e. The van der Waals surface area contributed by atoms with Crippen molar-refractivity contribution in [2.75, 3.05) is 18.8 Å². The Morgan fingerprint density at radius 2 is 1.89 bits per heavy atom. The third kappa shape index (κ3) is 3.90. The molecular weight excluding hydrogens is 248 g/mol. The van der Waals surface area contributed by atoms with Crippen LogP contribution in [0.3, 0.4) is 0 Å². The predicted octanol–water partition coefficient (Wildman–Crippen LogP) is 1.65. The van der Waals surface area contributed by atoms with Crippen molar-refractivity contribution in [2.24, 2.45) is 0 Å². The molecule has 18 heavy (non-hydrogen) atoms. The Labute approximate surface area is 114 Å². The Kier molecular flexibility index (Phi) is 5.50. The average molecular weight is 272 g/mol. The number of nitrogens with one attached hydrogen (secondary N) is 1. The van der Waals surface area contributed by atoms with Crippen LogP contribution in [0.25, 0.3) is 0 Å². The van der Waals surface area contributed by atoms with E-state index in [2.05, 4.69) is 12.2 Å². The molecule has 0 bridgehead atoms. The third-order valence-corrected chi connectivity index (χ3v) is 4.49. The van der Waals surface area contributed by atoms with E-state index in [1.54, 1.807) is 11.8 Å². The van der Waals surface area contributed by atoms with Gasteiger partial charge < -0.3 is 10.2 Å². The molecule has 0 radical (unpaired) electrons. The van der Waals surface area contributed by atoms with Crippen LogP contribution in [0, 0.1) is 0 Å². The van der Waals surface area contributed by atoms with E-state index in [4.69, 9.17) is 0 Å². The van der Waals surface area contributed by atoms with E-state index in [0.29, 0.717) is 0 Å². The van der Waals surface area contributed by atoms with Gasteiger partial charge in [-0.15, -0.1) is 0 Å². The first kappa shape index (κ1) is 15.3. The highest BCUT2D eigenvalue weighted by molar-refractivity contribution is 8.00. The smallest absolute Gasteiger partial charge is 0.246 e. The van der Waals surface area contributed by atoms with Crippen LogP contribution < -0.4 is 5.32 Å². The second-order valence-electron chi connectivity index (χ2n) is 5.20. The number of likely N-dealkylation sites (tertiary alicyclic amines) is 1. The molecule has 104 valence electrons. The number of thioether (sulfide) groups is 1. The lowest BCUT2D eigenvalue weighted by atomic mass is 10.0. The SMILES string of the molecule is CCSC(C)(C)C(NC(C)=O)C(=O)N1CCCC1. The van der Waals surface area contributed by atoms with Gasteiger partial charge in [-0.1, -0.05) is 6.92 Å². The summed E-state index contributed by atoms with van der Waals surface area (Å²) in [6.07, 6.45) is 2.14. The number of carbonyl (C=O) groups is 2. The molecule has 0 aromatic carbocycles. The summed E-state index contributed by atoms with van der Waals surface area (Å²) >= 11 is 1.71. The lowest BCUT2D eigenvalue weighted by Crippen LogP contribution is -2.56. The fraction of sp³-hybridized carbons (Fsp3) is 0.846. The number of nitrogens with zero attached hydrogens (tertiary/aromatic N) is 1. The molecular formula is C13H24N2O2S. The summed E-state index contributed by atoms with van der Waals surface area (Å²) in [5.74, 6) is 0.849. The normalized spacial score (nSPS) is 17.7. The van der Waals surface area contributed by atoms with Gasteiger partial charge in [-0.25, -0.2) is 0 Å². The first-order valence-corrected chi connectivity index (χ1v) is 7.57. The fourth-order valence-electron chi connectivity index (χ4n) is 2.31. The van der Waals surface area contributed by atoms with Crippen LogP contribution in [-0.2, 0) is 9.59 Å². The molecule has 5 heteroatoms. The minimum Gasteiger partial charge on any atom is -0.343 e. The summed E-state index contributed by atoms with van der Waals surface area (Å²) < 4.78 is -0.278. The van der Waals surface area contributed by atoms with Crippen molar-refractivity contribution in [3.8, 4) is 0 Å².